The van der Waals surface area contributed by atoms with Crippen LogP contribution in [-0.2, 0) is 19.4 Å². The van der Waals surface area contributed by atoms with Gasteiger partial charge >= 0.3 is 5.97 Å². The van der Waals surface area contributed by atoms with Crippen molar-refractivity contribution in [3.8, 4) is 5.75 Å². The van der Waals surface area contributed by atoms with Crippen molar-refractivity contribution in [3.05, 3.63) is 29.3 Å². The molecule has 0 radical (unpaired) electrons. The highest BCUT2D eigenvalue weighted by Gasteiger charge is 2.36. The molecule has 8 heteroatoms. The molecule has 0 aliphatic carbocycles. The van der Waals surface area contributed by atoms with Crippen molar-refractivity contribution in [2.45, 2.75) is 45.7 Å². The molecular formula is C18H25NO6S. The zero-order valence-corrected chi connectivity index (χ0v) is 16.1. The lowest BCUT2D eigenvalue weighted by atomic mass is 10.1. The molecule has 144 valence electrons. The highest BCUT2D eigenvalue weighted by atomic mass is 32.2. The van der Waals surface area contributed by atoms with Crippen molar-refractivity contribution in [3.63, 3.8) is 0 Å². The van der Waals surface area contributed by atoms with Gasteiger partial charge in [0.05, 0.1) is 11.5 Å². The van der Waals surface area contributed by atoms with E-state index >= 15 is 0 Å². The van der Waals surface area contributed by atoms with Gasteiger partial charge in [-0.25, -0.2) is 13.2 Å². The first-order chi connectivity index (χ1) is 12.1. The van der Waals surface area contributed by atoms with Crippen LogP contribution in [0.15, 0.2) is 18.2 Å². The van der Waals surface area contributed by atoms with Gasteiger partial charge in [-0.1, -0.05) is 18.6 Å². The van der Waals surface area contributed by atoms with Gasteiger partial charge in [-0.2, -0.15) is 0 Å². The van der Waals surface area contributed by atoms with Crippen LogP contribution in [0.2, 0.25) is 0 Å². The van der Waals surface area contributed by atoms with Crippen molar-refractivity contribution in [2.24, 2.45) is 0 Å². The Hall–Kier alpha value is -2.09. The van der Waals surface area contributed by atoms with Crippen molar-refractivity contribution >= 4 is 21.7 Å². The van der Waals surface area contributed by atoms with Crippen molar-refractivity contribution in [1.29, 1.82) is 0 Å². The molecule has 26 heavy (non-hydrogen) atoms. The number of sulfone groups is 1. The van der Waals surface area contributed by atoms with E-state index in [-0.39, 0.29) is 28.9 Å². The molecule has 0 unspecified atom stereocenters. The van der Waals surface area contributed by atoms with Gasteiger partial charge in [0, 0.05) is 12.1 Å². The lowest BCUT2D eigenvalue weighted by Gasteiger charge is -2.33. The van der Waals surface area contributed by atoms with Crippen LogP contribution in [0.1, 0.15) is 42.6 Å². The molecule has 0 spiro atoms. The molecule has 1 aromatic carbocycles. The molecule has 7 nitrogen and oxygen atoms in total. The highest BCUT2D eigenvalue weighted by Crippen LogP contribution is 2.22. The minimum atomic E-state index is -3.14. The molecule has 1 aromatic rings. The van der Waals surface area contributed by atoms with Gasteiger partial charge in [0.2, 0.25) is 0 Å². The minimum absolute atomic E-state index is 0.00339. The quantitative estimate of drug-likeness (QED) is 0.750. The third-order valence-electron chi connectivity index (χ3n) is 4.65. The van der Waals surface area contributed by atoms with Crippen molar-refractivity contribution in [1.82, 2.24) is 4.90 Å². The van der Waals surface area contributed by atoms with E-state index in [0.29, 0.717) is 12.8 Å². The molecule has 2 atom stereocenters. The zero-order chi connectivity index (χ0) is 19.5. The third kappa shape index (κ3) is 4.75. The fraction of sp³-hybridized carbons (Fsp3) is 0.556. The lowest BCUT2D eigenvalue weighted by Crippen LogP contribution is -2.48. The number of phenols is 1. The summed E-state index contributed by atoms with van der Waals surface area (Å²) in [4.78, 5) is 26.3. The molecule has 1 aliphatic rings. The first-order valence-electron chi connectivity index (χ1n) is 8.63. The molecule has 1 aliphatic heterocycles. The molecule has 1 heterocycles. The maximum absolute atomic E-state index is 12.6. The average Bonchev–Trinajstić information content (AvgIpc) is 2.94. The van der Waals surface area contributed by atoms with E-state index in [1.165, 1.54) is 17.0 Å². The standard InChI is InChI=1S/C18H25NO6S/c1-4-13(3)19(14-7-8-26(23,24)11-14)17(21)10-25-18(22)15-9-12(2)5-6-16(15)20/h5-6,9,13-14,20H,4,7-8,10-11H2,1-3H3/t13-,14-/m1/s1. The summed E-state index contributed by atoms with van der Waals surface area (Å²) in [6.07, 6.45) is 1.06. The number of benzene rings is 1. The fourth-order valence-corrected chi connectivity index (χ4v) is 4.81. The Bertz CT molecular complexity index is 789. The van der Waals surface area contributed by atoms with Crippen LogP contribution >= 0.6 is 0 Å². The first-order valence-corrected chi connectivity index (χ1v) is 10.4. The van der Waals surface area contributed by atoms with Gasteiger partial charge in [0.25, 0.3) is 5.91 Å². The number of hydrogen-bond acceptors (Lipinski definition) is 6. The summed E-state index contributed by atoms with van der Waals surface area (Å²) < 4.78 is 28.6. The number of amides is 1. The number of esters is 1. The predicted octanol–water partition coefficient (Wildman–Crippen LogP) is 1.67. The third-order valence-corrected chi connectivity index (χ3v) is 6.40. The van der Waals surface area contributed by atoms with Gasteiger partial charge in [-0.3, -0.25) is 4.79 Å². The number of carbonyl (C=O) groups excluding carboxylic acids is 2. The SMILES string of the molecule is CC[C@@H](C)N(C(=O)COC(=O)c1cc(C)ccc1O)[C@@H]1CCS(=O)(=O)C1. The summed E-state index contributed by atoms with van der Waals surface area (Å²) in [6, 6.07) is 3.98. The Morgan fingerprint density at radius 2 is 2.08 bits per heavy atom. The maximum Gasteiger partial charge on any atom is 0.342 e. The first kappa shape index (κ1) is 20.2. The summed E-state index contributed by atoms with van der Waals surface area (Å²) >= 11 is 0. The topological polar surface area (TPSA) is 101 Å². The van der Waals surface area contributed by atoms with E-state index in [9.17, 15) is 23.1 Å². The summed E-state index contributed by atoms with van der Waals surface area (Å²) in [5.41, 5.74) is 0.773. The monoisotopic (exact) mass is 383 g/mol. The van der Waals surface area contributed by atoms with Crippen LogP contribution < -0.4 is 0 Å². The van der Waals surface area contributed by atoms with E-state index in [0.717, 1.165) is 5.56 Å². The average molecular weight is 383 g/mol. The van der Waals surface area contributed by atoms with Crippen LogP contribution in [0.5, 0.6) is 5.75 Å². The highest BCUT2D eigenvalue weighted by molar-refractivity contribution is 7.91. The second-order valence-electron chi connectivity index (χ2n) is 6.71. The molecule has 0 bridgehead atoms. The van der Waals surface area contributed by atoms with Crippen LogP contribution in [-0.4, -0.2) is 60.5 Å². The second-order valence-corrected chi connectivity index (χ2v) is 8.94. The molecule has 0 saturated carbocycles. The summed E-state index contributed by atoms with van der Waals surface area (Å²) in [5.74, 6) is -1.43. The number of aryl methyl sites for hydroxylation is 1. The van der Waals surface area contributed by atoms with Crippen LogP contribution in [0.4, 0.5) is 0 Å². The Labute approximate surface area is 153 Å². The minimum Gasteiger partial charge on any atom is -0.507 e. The molecule has 1 amide bonds. The fourth-order valence-electron chi connectivity index (χ4n) is 3.09. The van der Waals surface area contributed by atoms with E-state index in [1.54, 1.807) is 13.0 Å². The molecule has 2 rings (SSSR count). The Kier molecular flexibility index (Phi) is 6.28. The van der Waals surface area contributed by atoms with Gasteiger partial charge in [-0.05, 0) is 38.8 Å². The number of hydrogen-bond donors (Lipinski definition) is 1. The van der Waals surface area contributed by atoms with Crippen molar-refractivity contribution < 1.29 is 27.9 Å². The number of phenolic OH excluding ortho intramolecular Hbond substituents is 1. The smallest absolute Gasteiger partial charge is 0.342 e. The van der Waals surface area contributed by atoms with E-state index in [1.807, 2.05) is 13.8 Å². The number of ether oxygens (including phenoxy) is 1. The largest absolute Gasteiger partial charge is 0.507 e. The molecule has 1 saturated heterocycles. The summed E-state index contributed by atoms with van der Waals surface area (Å²) in [7, 11) is -3.14. The summed E-state index contributed by atoms with van der Waals surface area (Å²) in [6.45, 7) is 5.03. The number of carbonyl (C=O) groups is 2. The Morgan fingerprint density at radius 1 is 1.38 bits per heavy atom. The molecule has 0 aromatic heterocycles. The Balaban J connectivity index is 2.07. The number of aromatic hydroxyl groups is 1. The van der Waals surface area contributed by atoms with Crippen LogP contribution in [0.25, 0.3) is 0 Å². The van der Waals surface area contributed by atoms with Crippen molar-refractivity contribution in [2.75, 3.05) is 18.1 Å². The van der Waals surface area contributed by atoms with Crippen LogP contribution in [0, 0.1) is 6.92 Å². The van der Waals surface area contributed by atoms with Gasteiger partial charge in [0.1, 0.15) is 11.3 Å². The zero-order valence-electron chi connectivity index (χ0n) is 15.3. The van der Waals surface area contributed by atoms with Crippen LogP contribution in [0.3, 0.4) is 0 Å². The summed E-state index contributed by atoms with van der Waals surface area (Å²) in [5, 5.41) is 9.77. The Morgan fingerprint density at radius 3 is 2.65 bits per heavy atom. The van der Waals surface area contributed by atoms with E-state index < -0.39 is 34.4 Å². The lowest BCUT2D eigenvalue weighted by molar-refractivity contribution is -0.138. The number of nitrogens with zero attached hydrogens (tertiary/aromatic N) is 1. The predicted molar refractivity (Wildman–Crippen MR) is 96.8 cm³/mol. The maximum atomic E-state index is 12.6. The van der Waals surface area contributed by atoms with Gasteiger partial charge in [-0.15, -0.1) is 0 Å². The van der Waals surface area contributed by atoms with E-state index in [4.69, 9.17) is 4.74 Å². The van der Waals surface area contributed by atoms with Gasteiger partial charge in [0.15, 0.2) is 16.4 Å². The molecular weight excluding hydrogens is 358 g/mol. The normalized spacial score (nSPS) is 19.7. The molecule has 1 N–H and O–H groups in total. The second kappa shape index (κ2) is 8.07. The number of rotatable bonds is 6. The van der Waals surface area contributed by atoms with Gasteiger partial charge < -0.3 is 14.7 Å². The molecule has 1 fully saturated rings. The van der Waals surface area contributed by atoms with E-state index in [2.05, 4.69) is 0 Å².